The molecule has 0 saturated carbocycles. The van der Waals surface area contributed by atoms with Crippen LogP contribution in [0.1, 0.15) is 24.1 Å². The van der Waals surface area contributed by atoms with Crippen molar-refractivity contribution < 1.29 is 24.2 Å². The lowest BCUT2D eigenvalue weighted by Gasteiger charge is -2.31. The number of ether oxygens (including phenoxy) is 2. The minimum atomic E-state index is -0.860. The monoisotopic (exact) mass is 446 g/mol. The maximum Gasteiger partial charge on any atom is 0.341 e. The number of aliphatic imine (C=N–C) groups is 1. The predicted molar refractivity (Wildman–Crippen MR) is 107 cm³/mol. The van der Waals surface area contributed by atoms with Gasteiger partial charge in [-0.3, -0.25) is 4.79 Å². The van der Waals surface area contributed by atoms with E-state index in [-0.39, 0.29) is 18.1 Å². The Morgan fingerprint density at radius 1 is 1.29 bits per heavy atom. The molecule has 0 aromatic heterocycles. The highest BCUT2D eigenvalue weighted by Gasteiger charge is 2.41. The molecule has 1 aliphatic heterocycles. The Bertz CT molecular complexity index is 930. The second-order valence-electron chi connectivity index (χ2n) is 6.07. The van der Waals surface area contributed by atoms with Crippen LogP contribution in [0.5, 0.6) is 11.5 Å². The van der Waals surface area contributed by atoms with Gasteiger partial charge in [-0.2, -0.15) is 4.99 Å². The summed E-state index contributed by atoms with van der Waals surface area (Å²) in [5.41, 5.74) is 1.55. The number of nitrogens with zero attached hydrogens (tertiary/aromatic N) is 1. The smallest absolute Gasteiger partial charge is 0.341 e. The number of esters is 1. The van der Waals surface area contributed by atoms with Crippen LogP contribution in [0.2, 0.25) is 0 Å². The molecule has 0 fully saturated rings. The predicted octanol–water partition coefficient (Wildman–Crippen LogP) is 3.60. The molecule has 1 aliphatic rings. The SMILES string of the molecule is CCOC(=O)C1C(c2ccccc2)=NC(=O)NC1c1cc(Br)c(O)c(OC)c1. The molecule has 2 aromatic rings. The molecule has 2 aromatic carbocycles. The van der Waals surface area contributed by atoms with Crippen molar-refractivity contribution in [3.05, 3.63) is 58.1 Å². The second-order valence-corrected chi connectivity index (χ2v) is 6.93. The summed E-state index contributed by atoms with van der Waals surface area (Å²) in [5.74, 6) is -1.22. The molecule has 0 spiro atoms. The first-order chi connectivity index (χ1) is 13.5. The quantitative estimate of drug-likeness (QED) is 0.683. The number of phenols is 1. The molecule has 7 nitrogen and oxygen atoms in total. The normalized spacial score (nSPS) is 18.8. The zero-order chi connectivity index (χ0) is 20.3. The van der Waals surface area contributed by atoms with E-state index in [9.17, 15) is 14.7 Å². The molecule has 2 N–H and O–H groups in total. The first-order valence-electron chi connectivity index (χ1n) is 8.63. The zero-order valence-electron chi connectivity index (χ0n) is 15.3. The van der Waals surface area contributed by atoms with Crippen LogP contribution >= 0.6 is 15.9 Å². The van der Waals surface area contributed by atoms with E-state index in [1.54, 1.807) is 31.2 Å². The molecule has 2 unspecified atom stereocenters. The van der Waals surface area contributed by atoms with E-state index in [4.69, 9.17) is 9.47 Å². The van der Waals surface area contributed by atoms with Crippen molar-refractivity contribution in [2.75, 3.05) is 13.7 Å². The molecule has 0 radical (unpaired) electrons. The molecular formula is C20H19BrN2O5. The van der Waals surface area contributed by atoms with E-state index < -0.39 is 24.0 Å². The fraction of sp³-hybridized carbons (Fsp3) is 0.250. The van der Waals surface area contributed by atoms with Crippen LogP contribution < -0.4 is 10.1 Å². The summed E-state index contributed by atoms with van der Waals surface area (Å²) in [7, 11) is 1.42. The number of halogens is 1. The van der Waals surface area contributed by atoms with Gasteiger partial charge in [0.25, 0.3) is 0 Å². The van der Waals surface area contributed by atoms with Crippen LogP contribution in [0.3, 0.4) is 0 Å². The number of benzene rings is 2. The molecule has 2 atom stereocenters. The highest BCUT2D eigenvalue weighted by atomic mass is 79.9. The van der Waals surface area contributed by atoms with Crippen LogP contribution in [0.15, 0.2) is 51.9 Å². The first-order valence-corrected chi connectivity index (χ1v) is 9.43. The van der Waals surface area contributed by atoms with Crippen molar-refractivity contribution >= 4 is 33.6 Å². The number of carbonyl (C=O) groups is 2. The van der Waals surface area contributed by atoms with E-state index in [1.807, 2.05) is 18.2 Å². The van der Waals surface area contributed by atoms with Gasteiger partial charge in [-0.05, 0) is 46.1 Å². The maximum absolute atomic E-state index is 12.8. The van der Waals surface area contributed by atoms with Gasteiger partial charge in [0.2, 0.25) is 0 Å². The third-order valence-electron chi connectivity index (χ3n) is 4.37. The number of hydrogen-bond donors (Lipinski definition) is 2. The Hall–Kier alpha value is -2.87. The van der Waals surface area contributed by atoms with Crippen molar-refractivity contribution in [2.24, 2.45) is 10.9 Å². The van der Waals surface area contributed by atoms with Gasteiger partial charge in [-0.1, -0.05) is 30.3 Å². The number of urea groups is 1. The van der Waals surface area contributed by atoms with Gasteiger partial charge in [0, 0.05) is 0 Å². The molecular weight excluding hydrogens is 428 g/mol. The third kappa shape index (κ3) is 3.87. The fourth-order valence-electron chi connectivity index (χ4n) is 3.12. The average molecular weight is 447 g/mol. The highest BCUT2D eigenvalue weighted by Crippen LogP contribution is 2.40. The minimum absolute atomic E-state index is 0.0713. The van der Waals surface area contributed by atoms with Crippen LogP contribution in [-0.2, 0) is 9.53 Å². The zero-order valence-corrected chi connectivity index (χ0v) is 16.9. The summed E-state index contributed by atoms with van der Waals surface area (Å²) in [6.45, 7) is 1.91. The standard InChI is InChI=1S/C20H19BrN2O5/c1-3-28-19(25)15-16(11-7-5-4-6-8-11)22-20(26)23-17(15)12-9-13(21)18(24)14(10-12)27-2/h4-10,15,17,24H,3H2,1-2H3,(H,23,26). The van der Waals surface area contributed by atoms with Gasteiger partial charge >= 0.3 is 12.0 Å². The molecule has 0 aliphatic carbocycles. The number of nitrogens with one attached hydrogen (secondary N) is 1. The lowest BCUT2D eigenvalue weighted by molar-refractivity contribution is -0.146. The van der Waals surface area contributed by atoms with Crippen molar-refractivity contribution in [3.63, 3.8) is 0 Å². The Kier molecular flexibility index (Phi) is 5.99. The summed E-state index contributed by atoms with van der Waals surface area (Å²) in [4.78, 5) is 29.2. The van der Waals surface area contributed by atoms with E-state index in [2.05, 4.69) is 26.2 Å². The lowest BCUT2D eigenvalue weighted by Crippen LogP contribution is -2.45. The van der Waals surface area contributed by atoms with Crippen molar-refractivity contribution in [3.8, 4) is 11.5 Å². The molecule has 3 rings (SSSR count). The molecule has 1 heterocycles. The second kappa shape index (κ2) is 8.43. The molecule has 146 valence electrons. The van der Waals surface area contributed by atoms with Gasteiger partial charge in [0.1, 0.15) is 5.92 Å². The lowest BCUT2D eigenvalue weighted by atomic mass is 9.84. The number of aromatic hydroxyl groups is 1. The van der Waals surface area contributed by atoms with E-state index >= 15 is 0 Å². The number of hydrogen-bond acceptors (Lipinski definition) is 5. The molecule has 0 saturated heterocycles. The Morgan fingerprint density at radius 3 is 2.64 bits per heavy atom. The number of phenolic OH excluding ortho intramolecular Hbond substituents is 1. The van der Waals surface area contributed by atoms with Gasteiger partial charge < -0.3 is 19.9 Å². The fourth-order valence-corrected chi connectivity index (χ4v) is 3.58. The average Bonchev–Trinajstić information content (AvgIpc) is 2.70. The summed E-state index contributed by atoms with van der Waals surface area (Å²) >= 11 is 3.28. The summed E-state index contributed by atoms with van der Waals surface area (Å²) in [6, 6.07) is 10.9. The number of methoxy groups -OCH3 is 1. The highest BCUT2D eigenvalue weighted by molar-refractivity contribution is 9.10. The van der Waals surface area contributed by atoms with Gasteiger partial charge in [-0.25, -0.2) is 4.79 Å². The van der Waals surface area contributed by atoms with Crippen molar-refractivity contribution in [2.45, 2.75) is 13.0 Å². The molecule has 0 bridgehead atoms. The van der Waals surface area contributed by atoms with Crippen LogP contribution in [0.25, 0.3) is 0 Å². The topological polar surface area (TPSA) is 97.2 Å². The molecule has 2 amide bonds. The number of carbonyl (C=O) groups excluding carboxylic acids is 2. The summed E-state index contributed by atoms with van der Waals surface area (Å²) < 4.78 is 10.8. The third-order valence-corrected chi connectivity index (χ3v) is 4.97. The Labute approximate surface area is 170 Å². The van der Waals surface area contributed by atoms with Gasteiger partial charge in [-0.15, -0.1) is 0 Å². The Balaban J connectivity index is 2.14. The molecule has 28 heavy (non-hydrogen) atoms. The number of rotatable bonds is 5. The summed E-state index contributed by atoms with van der Waals surface area (Å²) in [5, 5.41) is 12.8. The Morgan fingerprint density at radius 2 is 2.00 bits per heavy atom. The van der Waals surface area contributed by atoms with Crippen LogP contribution in [-0.4, -0.2) is 36.5 Å². The first kappa shape index (κ1) is 19.9. The molecule has 8 heteroatoms. The van der Waals surface area contributed by atoms with E-state index in [1.165, 1.54) is 7.11 Å². The van der Waals surface area contributed by atoms with Gasteiger partial charge in [0.05, 0.1) is 29.9 Å². The summed E-state index contributed by atoms with van der Waals surface area (Å²) in [6.07, 6.45) is 0. The maximum atomic E-state index is 12.8. The minimum Gasteiger partial charge on any atom is -0.503 e. The van der Waals surface area contributed by atoms with Crippen molar-refractivity contribution in [1.29, 1.82) is 0 Å². The van der Waals surface area contributed by atoms with Crippen LogP contribution in [0, 0.1) is 5.92 Å². The van der Waals surface area contributed by atoms with Crippen LogP contribution in [0.4, 0.5) is 4.79 Å². The van der Waals surface area contributed by atoms with E-state index in [0.717, 1.165) is 0 Å². The van der Waals surface area contributed by atoms with Crippen molar-refractivity contribution in [1.82, 2.24) is 5.32 Å². The largest absolute Gasteiger partial charge is 0.503 e. The number of amides is 2. The van der Waals surface area contributed by atoms with Gasteiger partial charge in [0.15, 0.2) is 11.5 Å². The van der Waals surface area contributed by atoms with E-state index in [0.29, 0.717) is 21.3 Å².